The Hall–Kier alpha value is -5.02. The minimum atomic E-state index is -0.150. The van der Waals surface area contributed by atoms with Crippen LogP contribution < -0.4 is 16.0 Å². The topological polar surface area (TPSA) is 171 Å². The van der Waals surface area contributed by atoms with Gasteiger partial charge in [-0.1, -0.05) is 66.5 Å². The Labute approximate surface area is 337 Å². The molecule has 0 saturated carbocycles. The molecule has 4 aromatic rings. The second-order valence-corrected chi connectivity index (χ2v) is 13.0. The lowest BCUT2D eigenvalue weighted by Gasteiger charge is -2.14. The standard InChI is InChI=1S/C16H12N4OS.C8H14N2O2.C7H14N2O.2C3H8.C2H4O2.C2H6/c21-10-19-15-8-22-16-13(15)5-6-20(16)12-3-1-11(2-4-12)14-7-17-9-18-14;1-7(11)9-6-8(12)10-4-2-3-5-10;1-8-6-7(10)9-4-2-3-5-9;2*1-3-2;1-4-2-3;1-2/h1-10H,(H,17,18)(H,19,21);2-6H2,1H3,(H,9,11);8H,2-6H2,1H3;2*3H2,1-2H3;2H,1H3;1-2H3. The molecule has 14 nitrogen and oxygen atoms in total. The number of likely N-dealkylation sites (tertiary alicyclic amines) is 2. The summed E-state index contributed by atoms with van der Waals surface area (Å²) >= 11 is 1.61. The number of ether oxygens (including phenoxy) is 1. The minimum Gasteiger partial charge on any atom is -0.471 e. The van der Waals surface area contributed by atoms with Gasteiger partial charge in [0, 0.05) is 55.8 Å². The van der Waals surface area contributed by atoms with E-state index in [1.165, 1.54) is 39.7 Å². The largest absolute Gasteiger partial charge is 0.471 e. The van der Waals surface area contributed by atoms with Crippen molar-refractivity contribution in [3.05, 3.63) is 54.4 Å². The van der Waals surface area contributed by atoms with Crippen LogP contribution in [0.5, 0.6) is 0 Å². The summed E-state index contributed by atoms with van der Waals surface area (Å²) in [6.45, 7) is 18.5. The Morgan fingerprint density at radius 3 is 1.82 bits per heavy atom. The Kier molecular flexibility index (Phi) is 29.4. The molecule has 2 saturated heterocycles. The van der Waals surface area contributed by atoms with E-state index in [0.29, 0.717) is 19.4 Å². The first-order valence-electron chi connectivity index (χ1n) is 19.4. The fourth-order valence-electron chi connectivity index (χ4n) is 5.02. The van der Waals surface area contributed by atoms with Gasteiger partial charge in [-0.25, -0.2) is 4.98 Å². The van der Waals surface area contributed by atoms with E-state index in [2.05, 4.69) is 87.2 Å². The number of carbonyl (C=O) groups is 5. The van der Waals surface area contributed by atoms with Crippen LogP contribution in [0.1, 0.15) is 87.0 Å². The fraction of sp³-hybridized carbons (Fsp3) is 0.512. The van der Waals surface area contributed by atoms with Gasteiger partial charge in [0.05, 0.1) is 44.1 Å². The second kappa shape index (κ2) is 32.2. The highest BCUT2D eigenvalue weighted by atomic mass is 32.1. The number of amides is 4. The molecule has 15 heteroatoms. The molecular formula is C41H66N8O6S. The average Bonchev–Trinajstić information content (AvgIpc) is 4.07. The van der Waals surface area contributed by atoms with E-state index in [0.717, 1.165) is 71.9 Å². The summed E-state index contributed by atoms with van der Waals surface area (Å²) in [5.41, 5.74) is 4.03. The molecule has 4 amide bonds. The number of hydrogen-bond donors (Lipinski definition) is 4. The van der Waals surface area contributed by atoms with E-state index < -0.39 is 0 Å². The van der Waals surface area contributed by atoms with E-state index >= 15 is 0 Å². The first kappa shape index (κ1) is 51.0. The zero-order valence-corrected chi connectivity index (χ0v) is 35.8. The molecule has 4 N–H and O–H groups in total. The molecule has 2 fully saturated rings. The van der Waals surface area contributed by atoms with Gasteiger partial charge in [0.25, 0.3) is 6.47 Å². The number of imidazole rings is 1. The van der Waals surface area contributed by atoms with Crippen LogP contribution in [0.2, 0.25) is 0 Å². The number of carbonyl (C=O) groups excluding carboxylic acids is 5. The van der Waals surface area contributed by atoms with Crippen molar-refractivity contribution >= 4 is 57.8 Å². The zero-order valence-electron chi connectivity index (χ0n) is 35.0. The quantitative estimate of drug-likeness (QED) is 0.133. The number of thiophene rings is 1. The molecule has 2 aliphatic heterocycles. The molecule has 0 unspecified atom stereocenters. The highest BCUT2D eigenvalue weighted by molar-refractivity contribution is 7.17. The van der Waals surface area contributed by atoms with Crippen molar-refractivity contribution in [2.24, 2.45) is 0 Å². The van der Waals surface area contributed by atoms with Crippen molar-refractivity contribution in [3.8, 4) is 16.9 Å². The van der Waals surface area contributed by atoms with E-state index in [9.17, 15) is 19.2 Å². The summed E-state index contributed by atoms with van der Waals surface area (Å²) in [5, 5.41) is 11.1. The molecule has 0 radical (unpaired) electrons. The molecule has 6 rings (SSSR count). The van der Waals surface area contributed by atoms with Crippen LogP contribution in [0.15, 0.2) is 54.4 Å². The van der Waals surface area contributed by atoms with Crippen LogP contribution in [0.3, 0.4) is 0 Å². The van der Waals surface area contributed by atoms with Crippen LogP contribution in [0, 0.1) is 0 Å². The Balaban J connectivity index is 0.000000757. The predicted molar refractivity (Wildman–Crippen MR) is 229 cm³/mol. The maximum atomic E-state index is 11.3. The predicted octanol–water partition coefficient (Wildman–Crippen LogP) is 6.87. The van der Waals surface area contributed by atoms with E-state index in [1.54, 1.807) is 35.8 Å². The Morgan fingerprint density at radius 1 is 0.875 bits per heavy atom. The summed E-state index contributed by atoms with van der Waals surface area (Å²) < 4.78 is 5.98. The number of hydrogen-bond acceptors (Lipinski definition) is 9. The first-order chi connectivity index (χ1) is 27.1. The number of likely N-dealkylation sites (N-methyl/N-ethyl adjacent to an activating group) is 1. The molecule has 0 atom stereocenters. The molecule has 3 aromatic heterocycles. The lowest BCUT2D eigenvalue weighted by molar-refractivity contribution is -0.131. The number of H-pyrrole nitrogens is 1. The number of benzene rings is 1. The zero-order chi connectivity index (χ0) is 42.1. The molecule has 1 aromatic carbocycles. The van der Waals surface area contributed by atoms with Crippen molar-refractivity contribution < 1.29 is 28.7 Å². The molecular weight excluding hydrogens is 733 g/mol. The molecule has 0 aliphatic carbocycles. The number of anilines is 1. The third-order valence-corrected chi connectivity index (χ3v) is 8.41. The maximum absolute atomic E-state index is 11.3. The number of nitrogens with one attached hydrogen (secondary N) is 4. The molecule has 0 bridgehead atoms. The number of nitrogens with zero attached hydrogens (tertiary/aromatic N) is 4. The van der Waals surface area contributed by atoms with Crippen LogP contribution >= 0.6 is 11.3 Å². The van der Waals surface area contributed by atoms with E-state index in [-0.39, 0.29) is 24.3 Å². The van der Waals surface area contributed by atoms with Gasteiger partial charge in [-0.05, 0) is 56.5 Å². The third kappa shape index (κ3) is 19.5. The third-order valence-electron chi connectivity index (χ3n) is 7.42. The van der Waals surface area contributed by atoms with Crippen LogP contribution in [0.25, 0.3) is 27.2 Å². The summed E-state index contributed by atoms with van der Waals surface area (Å²) in [6.07, 6.45) is 13.2. The molecule has 5 heterocycles. The number of fused-ring (bicyclic) bond motifs is 1. The smallest absolute Gasteiger partial charge is 0.292 e. The van der Waals surface area contributed by atoms with Crippen LogP contribution in [0.4, 0.5) is 5.69 Å². The summed E-state index contributed by atoms with van der Waals surface area (Å²) in [5.74, 6) is 0.116. The molecule has 0 spiro atoms. The highest BCUT2D eigenvalue weighted by Crippen LogP contribution is 2.33. The van der Waals surface area contributed by atoms with Crippen molar-refractivity contribution in [2.45, 2.75) is 87.0 Å². The van der Waals surface area contributed by atoms with Gasteiger partial charge in [0.2, 0.25) is 24.1 Å². The summed E-state index contributed by atoms with van der Waals surface area (Å²) in [4.78, 5) is 64.4. The highest BCUT2D eigenvalue weighted by Gasteiger charge is 2.17. The van der Waals surface area contributed by atoms with Crippen LogP contribution in [-0.2, 0) is 28.7 Å². The lowest BCUT2D eigenvalue weighted by Crippen LogP contribution is -2.37. The van der Waals surface area contributed by atoms with Crippen LogP contribution in [-0.4, -0.2) is 108 Å². The minimum absolute atomic E-state index is 0.0303. The van der Waals surface area contributed by atoms with Gasteiger partial charge in [-0.2, -0.15) is 0 Å². The van der Waals surface area contributed by atoms with Gasteiger partial charge in [0.1, 0.15) is 4.83 Å². The summed E-state index contributed by atoms with van der Waals surface area (Å²) in [7, 11) is 3.11. The van der Waals surface area contributed by atoms with Crippen molar-refractivity contribution in [3.63, 3.8) is 0 Å². The SMILES string of the molecule is CC.CC(=O)NCC(=O)N1CCCC1.CCC.CCC.CNCC(=O)N1CCCC1.COC=O.O=CNc1csc2c1ccn2-c1ccc(-c2cnc[nH]2)cc1. The molecule has 312 valence electrons. The lowest BCUT2D eigenvalue weighted by atomic mass is 10.1. The van der Waals surface area contributed by atoms with Crippen molar-refractivity contribution in [2.75, 3.05) is 58.7 Å². The fourth-order valence-corrected chi connectivity index (χ4v) is 6.03. The van der Waals surface area contributed by atoms with Crippen molar-refractivity contribution in [1.29, 1.82) is 0 Å². The number of aromatic amines is 1. The molecule has 56 heavy (non-hydrogen) atoms. The summed E-state index contributed by atoms with van der Waals surface area (Å²) in [6, 6.07) is 10.3. The molecule has 2 aliphatic rings. The normalized spacial score (nSPS) is 12.1. The monoisotopic (exact) mass is 798 g/mol. The van der Waals surface area contributed by atoms with Gasteiger partial charge in [-0.3, -0.25) is 24.0 Å². The van der Waals surface area contributed by atoms with E-state index in [4.69, 9.17) is 4.79 Å². The van der Waals surface area contributed by atoms with Gasteiger partial charge in [0.15, 0.2) is 0 Å². The average molecular weight is 799 g/mol. The number of methoxy groups -OCH3 is 1. The number of rotatable bonds is 9. The van der Waals surface area contributed by atoms with Crippen molar-refractivity contribution in [1.82, 2.24) is 35.0 Å². The van der Waals surface area contributed by atoms with E-state index in [1.807, 2.05) is 36.4 Å². The second-order valence-electron chi connectivity index (χ2n) is 12.2. The Bertz CT molecular complexity index is 1610. The van der Waals surface area contributed by atoms with Gasteiger partial charge in [-0.15, -0.1) is 11.3 Å². The van der Waals surface area contributed by atoms with Gasteiger partial charge < -0.3 is 40.0 Å². The number of aromatic nitrogens is 3. The maximum Gasteiger partial charge on any atom is 0.292 e. The first-order valence-corrected chi connectivity index (χ1v) is 20.3. The van der Waals surface area contributed by atoms with Gasteiger partial charge >= 0.3 is 0 Å². The Morgan fingerprint density at radius 2 is 1.39 bits per heavy atom.